The van der Waals surface area contributed by atoms with E-state index in [0.717, 1.165) is 25.9 Å². The number of halogens is 1. The Labute approximate surface area is 112 Å². The SMILES string of the molecule is Nc1cc(NC(=O)N2CCCCCC2)ccc1Cl. The third-order valence-electron chi connectivity index (χ3n) is 3.14. The maximum Gasteiger partial charge on any atom is 0.321 e. The van der Waals surface area contributed by atoms with Crippen molar-refractivity contribution in [1.82, 2.24) is 4.90 Å². The molecule has 1 heterocycles. The molecule has 0 aliphatic carbocycles. The van der Waals surface area contributed by atoms with E-state index in [9.17, 15) is 4.79 Å². The monoisotopic (exact) mass is 267 g/mol. The summed E-state index contributed by atoms with van der Waals surface area (Å²) in [4.78, 5) is 13.9. The lowest BCUT2D eigenvalue weighted by Gasteiger charge is -2.20. The molecule has 1 aromatic carbocycles. The van der Waals surface area contributed by atoms with E-state index in [2.05, 4.69) is 5.32 Å². The van der Waals surface area contributed by atoms with Crippen molar-refractivity contribution in [2.24, 2.45) is 0 Å². The van der Waals surface area contributed by atoms with Crippen molar-refractivity contribution >= 4 is 29.0 Å². The smallest absolute Gasteiger partial charge is 0.321 e. The van der Waals surface area contributed by atoms with Gasteiger partial charge in [-0.15, -0.1) is 0 Å². The van der Waals surface area contributed by atoms with E-state index in [1.165, 1.54) is 12.8 Å². The van der Waals surface area contributed by atoms with Gasteiger partial charge in [-0.3, -0.25) is 0 Å². The minimum atomic E-state index is -0.0568. The summed E-state index contributed by atoms with van der Waals surface area (Å²) >= 11 is 5.84. The van der Waals surface area contributed by atoms with Crippen LogP contribution in [0.5, 0.6) is 0 Å². The van der Waals surface area contributed by atoms with Gasteiger partial charge in [0.25, 0.3) is 0 Å². The molecule has 0 radical (unpaired) electrons. The highest BCUT2D eigenvalue weighted by molar-refractivity contribution is 6.33. The molecule has 2 rings (SSSR count). The van der Waals surface area contributed by atoms with E-state index in [4.69, 9.17) is 17.3 Å². The molecule has 1 fully saturated rings. The summed E-state index contributed by atoms with van der Waals surface area (Å²) in [6, 6.07) is 5.07. The Morgan fingerprint density at radius 1 is 1.22 bits per heavy atom. The van der Waals surface area contributed by atoms with Crippen LogP contribution in [0.15, 0.2) is 18.2 Å². The quantitative estimate of drug-likeness (QED) is 0.767. The zero-order chi connectivity index (χ0) is 13.0. The minimum Gasteiger partial charge on any atom is -0.397 e. The van der Waals surface area contributed by atoms with Gasteiger partial charge in [-0.1, -0.05) is 24.4 Å². The van der Waals surface area contributed by atoms with Gasteiger partial charge < -0.3 is 16.0 Å². The maximum absolute atomic E-state index is 12.1. The number of amides is 2. The molecule has 0 saturated carbocycles. The first-order chi connectivity index (χ1) is 8.66. The minimum absolute atomic E-state index is 0.0568. The van der Waals surface area contributed by atoms with E-state index < -0.39 is 0 Å². The Morgan fingerprint density at radius 2 is 1.89 bits per heavy atom. The molecular formula is C13H18ClN3O. The van der Waals surface area contributed by atoms with Crippen molar-refractivity contribution in [2.75, 3.05) is 24.1 Å². The summed E-state index contributed by atoms with van der Waals surface area (Å²) in [5.74, 6) is 0. The molecule has 3 N–H and O–H groups in total. The van der Waals surface area contributed by atoms with Crippen LogP contribution in [0.1, 0.15) is 25.7 Å². The van der Waals surface area contributed by atoms with Gasteiger partial charge in [0.1, 0.15) is 0 Å². The second-order valence-corrected chi connectivity index (χ2v) is 4.97. The molecule has 0 bridgehead atoms. The van der Waals surface area contributed by atoms with Crippen molar-refractivity contribution in [3.63, 3.8) is 0 Å². The molecular weight excluding hydrogens is 250 g/mol. The molecule has 2 amide bonds. The first-order valence-corrected chi connectivity index (χ1v) is 6.65. The fraction of sp³-hybridized carbons (Fsp3) is 0.462. The van der Waals surface area contributed by atoms with Crippen LogP contribution in [0.3, 0.4) is 0 Å². The molecule has 1 aliphatic heterocycles. The molecule has 1 saturated heterocycles. The van der Waals surface area contributed by atoms with Crippen LogP contribution in [0, 0.1) is 0 Å². The lowest BCUT2D eigenvalue weighted by molar-refractivity contribution is 0.214. The number of carbonyl (C=O) groups excluding carboxylic acids is 1. The normalized spacial score (nSPS) is 16.2. The number of nitrogens with zero attached hydrogens (tertiary/aromatic N) is 1. The highest BCUT2D eigenvalue weighted by Crippen LogP contribution is 2.22. The first kappa shape index (κ1) is 13.0. The third kappa shape index (κ3) is 3.29. The number of hydrogen-bond donors (Lipinski definition) is 2. The molecule has 0 spiro atoms. The number of nitrogen functional groups attached to an aromatic ring is 1. The molecule has 5 heteroatoms. The van der Waals surface area contributed by atoms with Gasteiger partial charge in [0, 0.05) is 18.8 Å². The third-order valence-corrected chi connectivity index (χ3v) is 3.48. The second-order valence-electron chi connectivity index (χ2n) is 4.57. The van der Waals surface area contributed by atoms with Gasteiger partial charge in [-0.2, -0.15) is 0 Å². The predicted octanol–water partition coefficient (Wildman–Crippen LogP) is 3.33. The Bertz CT molecular complexity index is 428. The number of rotatable bonds is 1. The Balaban J connectivity index is 1.99. The van der Waals surface area contributed by atoms with Gasteiger partial charge in [0.15, 0.2) is 0 Å². The predicted molar refractivity (Wildman–Crippen MR) is 74.9 cm³/mol. The molecule has 0 aromatic heterocycles. The van der Waals surface area contributed by atoms with Crippen molar-refractivity contribution in [2.45, 2.75) is 25.7 Å². The van der Waals surface area contributed by atoms with E-state index in [0.29, 0.717) is 16.4 Å². The summed E-state index contributed by atoms with van der Waals surface area (Å²) in [6.45, 7) is 1.66. The highest BCUT2D eigenvalue weighted by atomic mass is 35.5. The van der Waals surface area contributed by atoms with Crippen molar-refractivity contribution in [3.05, 3.63) is 23.2 Å². The number of likely N-dealkylation sites (tertiary alicyclic amines) is 1. The molecule has 0 atom stereocenters. The largest absolute Gasteiger partial charge is 0.397 e. The van der Waals surface area contributed by atoms with Crippen molar-refractivity contribution < 1.29 is 4.79 Å². The Hall–Kier alpha value is -1.42. The Kier molecular flexibility index (Phi) is 4.31. The topological polar surface area (TPSA) is 58.4 Å². The van der Waals surface area contributed by atoms with Crippen LogP contribution in [0.2, 0.25) is 5.02 Å². The number of hydrogen-bond acceptors (Lipinski definition) is 2. The van der Waals surface area contributed by atoms with Gasteiger partial charge in [0.05, 0.1) is 10.7 Å². The van der Waals surface area contributed by atoms with Gasteiger partial charge in [0.2, 0.25) is 0 Å². The number of carbonyl (C=O) groups is 1. The molecule has 0 unspecified atom stereocenters. The number of benzene rings is 1. The van der Waals surface area contributed by atoms with Crippen LogP contribution < -0.4 is 11.1 Å². The van der Waals surface area contributed by atoms with Crippen LogP contribution in [0.4, 0.5) is 16.2 Å². The summed E-state index contributed by atoms with van der Waals surface area (Å²) in [5, 5.41) is 3.36. The van der Waals surface area contributed by atoms with Crippen LogP contribution in [-0.4, -0.2) is 24.0 Å². The summed E-state index contributed by atoms with van der Waals surface area (Å²) in [6.07, 6.45) is 4.57. The zero-order valence-electron chi connectivity index (χ0n) is 10.3. The van der Waals surface area contributed by atoms with Crippen LogP contribution >= 0.6 is 11.6 Å². The average Bonchev–Trinajstić information content (AvgIpc) is 2.62. The summed E-state index contributed by atoms with van der Waals surface area (Å²) in [5.41, 5.74) is 6.87. The summed E-state index contributed by atoms with van der Waals surface area (Å²) < 4.78 is 0. The maximum atomic E-state index is 12.1. The number of urea groups is 1. The molecule has 4 nitrogen and oxygen atoms in total. The number of nitrogens with one attached hydrogen (secondary N) is 1. The van der Waals surface area contributed by atoms with Crippen molar-refractivity contribution in [1.29, 1.82) is 0 Å². The second kappa shape index (κ2) is 5.96. The number of nitrogens with two attached hydrogens (primary N) is 1. The van der Waals surface area contributed by atoms with Gasteiger partial charge >= 0.3 is 6.03 Å². The zero-order valence-corrected chi connectivity index (χ0v) is 11.0. The molecule has 1 aromatic rings. The average molecular weight is 268 g/mol. The van der Waals surface area contributed by atoms with Crippen LogP contribution in [-0.2, 0) is 0 Å². The summed E-state index contributed by atoms with van der Waals surface area (Å²) in [7, 11) is 0. The van der Waals surface area contributed by atoms with E-state index in [-0.39, 0.29) is 6.03 Å². The number of anilines is 2. The lowest BCUT2D eigenvalue weighted by atomic mass is 10.2. The molecule has 98 valence electrons. The van der Waals surface area contributed by atoms with Crippen LogP contribution in [0.25, 0.3) is 0 Å². The molecule has 1 aliphatic rings. The fourth-order valence-corrected chi connectivity index (χ4v) is 2.22. The van der Waals surface area contributed by atoms with Gasteiger partial charge in [-0.05, 0) is 31.0 Å². The van der Waals surface area contributed by atoms with E-state index >= 15 is 0 Å². The Morgan fingerprint density at radius 3 is 2.50 bits per heavy atom. The standard InChI is InChI=1S/C13H18ClN3O/c14-11-6-5-10(9-12(11)15)16-13(18)17-7-3-1-2-4-8-17/h5-6,9H,1-4,7-8,15H2,(H,16,18). The lowest BCUT2D eigenvalue weighted by Crippen LogP contribution is -2.35. The molecule has 18 heavy (non-hydrogen) atoms. The van der Waals surface area contributed by atoms with E-state index in [1.807, 2.05) is 4.90 Å². The van der Waals surface area contributed by atoms with Crippen molar-refractivity contribution in [3.8, 4) is 0 Å². The van der Waals surface area contributed by atoms with E-state index in [1.54, 1.807) is 18.2 Å². The highest BCUT2D eigenvalue weighted by Gasteiger charge is 2.15. The fourth-order valence-electron chi connectivity index (χ4n) is 2.10. The van der Waals surface area contributed by atoms with Gasteiger partial charge in [-0.25, -0.2) is 4.79 Å². The first-order valence-electron chi connectivity index (χ1n) is 6.28.